The molecule has 0 saturated carbocycles. The highest BCUT2D eigenvalue weighted by atomic mass is 79.9. The molecule has 0 fully saturated rings. The van der Waals surface area contributed by atoms with Crippen molar-refractivity contribution in [2.45, 2.75) is 30.9 Å². The monoisotopic (exact) mass is 302 g/mol. The fraction of sp³-hybridized carbons (Fsp3) is 0.417. The quantitative estimate of drug-likeness (QED) is 0.618. The fourth-order valence-electron chi connectivity index (χ4n) is 1.24. The molecule has 0 amide bonds. The van der Waals surface area contributed by atoms with Crippen molar-refractivity contribution in [2.24, 2.45) is 0 Å². The maximum atomic E-state index is 11.6. The Kier molecular flexibility index (Phi) is 5.35. The molecular weight excluding hydrogens is 288 g/mol. The van der Waals surface area contributed by atoms with Crippen molar-refractivity contribution in [2.75, 3.05) is 6.61 Å². The number of hydrogen-bond acceptors (Lipinski definition) is 3. The van der Waals surface area contributed by atoms with E-state index < -0.39 is 0 Å². The van der Waals surface area contributed by atoms with Crippen molar-refractivity contribution >= 4 is 33.7 Å². The van der Waals surface area contributed by atoms with Crippen LogP contribution in [-0.2, 0) is 4.74 Å². The standard InChI is InChI=1S/C12H15BrO2S/c1-4-15-12(14)9-5-10(13)7-11(6-9)16-8(2)3/h5-8H,4H2,1-3H3. The molecule has 0 aliphatic carbocycles. The van der Waals surface area contributed by atoms with Gasteiger partial charge in [-0.15, -0.1) is 11.8 Å². The van der Waals surface area contributed by atoms with Crippen molar-refractivity contribution < 1.29 is 9.53 Å². The molecule has 0 spiro atoms. The molecule has 0 saturated heterocycles. The van der Waals surface area contributed by atoms with Gasteiger partial charge in [0.05, 0.1) is 12.2 Å². The zero-order valence-corrected chi connectivity index (χ0v) is 12.0. The van der Waals surface area contributed by atoms with Gasteiger partial charge in [-0.3, -0.25) is 0 Å². The van der Waals surface area contributed by atoms with Gasteiger partial charge in [-0.05, 0) is 25.1 Å². The lowest BCUT2D eigenvalue weighted by atomic mass is 10.2. The van der Waals surface area contributed by atoms with Gasteiger partial charge in [-0.1, -0.05) is 29.8 Å². The molecule has 4 heteroatoms. The third-order valence-electron chi connectivity index (χ3n) is 1.75. The summed E-state index contributed by atoms with van der Waals surface area (Å²) in [5, 5.41) is 0.490. The molecule has 0 N–H and O–H groups in total. The van der Waals surface area contributed by atoms with Crippen molar-refractivity contribution in [3.05, 3.63) is 28.2 Å². The van der Waals surface area contributed by atoms with Gasteiger partial charge in [0.15, 0.2) is 0 Å². The number of carbonyl (C=O) groups excluding carboxylic acids is 1. The number of thioether (sulfide) groups is 1. The summed E-state index contributed by atoms with van der Waals surface area (Å²) in [5.74, 6) is -0.269. The highest BCUT2D eigenvalue weighted by Crippen LogP contribution is 2.27. The van der Waals surface area contributed by atoms with Crippen LogP contribution in [0.3, 0.4) is 0 Å². The third-order valence-corrected chi connectivity index (χ3v) is 3.19. The number of ether oxygens (including phenoxy) is 1. The van der Waals surface area contributed by atoms with E-state index in [1.54, 1.807) is 24.8 Å². The van der Waals surface area contributed by atoms with Crippen LogP contribution in [0.4, 0.5) is 0 Å². The first-order valence-corrected chi connectivity index (χ1v) is 6.84. The molecule has 88 valence electrons. The highest BCUT2D eigenvalue weighted by Gasteiger charge is 2.09. The Morgan fingerprint density at radius 3 is 2.69 bits per heavy atom. The first-order chi connectivity index (χ1) is 7.52. The van der Waals surface area contributed by atoms with Gasteiger partial charge in [0, 0.05) is 14.6 Å². The van der Waals surface area contributed by atoms with Crippen LogP contribution in [0.25, 0.3) is 0 Å². The van der Waals surface area contributed by atoms with Gasteiger partial charge in [0.25, 0.3) is 0 Å². The minimum Gasteiger partial charge on any atom is -0.462 e. The Balaban J connectivity index is 2.93. The number of hydrogen-bond donors (Lipinski definition) is 0. The fourth-order valence-corrected chi connectivity index (χ4v) is 2.81. The minimum absolute atomic E-state index is 0.269. The maximum absolute atomic E-state index is 11.6. The molecule has 0 aliphatic rings. The average Bonchev–Trinajstić information content (AvgIpc) is 2.15. The first-order valence-electron chi connectivity index (χ1n) is 5.17. The second-order valence-corrected chi connectivity index (χ2v) is 6.13. The van der Waals surface area contributed by atoms with Gasteiger partial charge in [-0.25, -0.2) is 4.79 Å². The zero-order valence-electron chi connectivity index (χ0n) is 9.62. The largest absolute Gasteiger partial charge is 0.462 e. The minimum atomic E-state index is -0.269. The summed E-state index contributed by atoms with van der Waals surface area (Å²) in [6, 6.07) is 5.66. The van der Waals surface area contributed by atoms with Gasteiger partial charge >= 0.3 is 5.97 Å². The van der Waals surface area contributed by atoms with E-state index in [-0.39, 0.29) is 5.97 Å². The maximum Gasteiger partial charge on any atom is 0.338 e. The normalized spacial score (nSPS) is 10.6. The lowest BCUT2D eigenvalue weighted by molar-refractivity contribution is 0.0526. The number of halogens is 1. The van der Waals surface area contributed by atoms with Gasteiger partial charge in [-0.2, -0.15) is 0 Å². The summed E-state index contributed by atoms with van der Waals surface area (Å²) < 4.78 is 5.88. The highest BCUT2D eigenvalue weighted by molar-refractivity contribution is 9.10. The zero-order chi connectivity index (χ0) is 12.1. The Labute approximate surface area is 109 Å². The predicted octanol–water partition coefficient (Wildman–Crippen LogP) is 4.13. The summed E-state index contributed by atoms with van der Waals surface area (Å²) in [4.78, 5) is 12.7. The smallest absolute Gasteiger partial charge is 0.338 e. The molecule has 0 unspecified atom stereocenters. The van der Waals surface area contributed by atoms with Crippen molar-refractivity contribution in [1.29, 1.82) is 0 Å². The van der Waals surface area contributed by atoms with E-state index in [4.69, 9.17) is 4.74 Å². The van der Waals surface area contributed by atoms with Crippen LogP contribution in [0.1, 0.15) is 31.1 Å². The molecular formula is C12H15BrO2S. The van der Waals surface area contributed by atoms with E-state index in [9.17, 15) is 4.79 Å². The summed E-state index contributed by atoms with van der Waals surface area (Å²) >= 11 is 5.13. The van der Waals surface area contributed by atoms with Crippen molar-refractivity contribution in [1.82, 2.24) is 0 Å². The molecule has 1 aromatic carbocycles. The van der Waals surface area contributed by atoms with E-state index in [1.165, 1.54) is 0 Å². The molecule has 0 radical (unpaired) electrons. The van der Waals surface area contributed by atoms with Gasteiger partial charge in [0.2, 0.25) is 0 Å². The van der Waals surface area contributed by atoms with Crippen molar-refractivity contribution in [3.63, 3.8) is 0 Å². The van der Waals surface area contributed by atoms with Crippen LogP contribution in [-0.4, -0.2) is 17.8 Å². The van der Waals surface area contributed by atoms with Crippen LogP contribution >= 0.6 is 27.7 Å². The first kappa shape index (κ1) is 13.6. The van der Waals surface area contributed by atoms with E-state index in [1.807, 2.05) is 12.1 Å². The van der Waals surface area contributed by atoms with E-state index in [0.717, 1.165) is 9.37 Å². The van der Waals surface area contributed by atoms with E-state index >= 15 is 0 Å². The average molecular weight is 303 g/mol. The number of carbonyl (C=O) groups is 1. The molecule has 2 nitrogen and oxygen atoms in total. The molecule has 0 aromatic heterocycles. The predicted molar refractivity (Wildman–Crippen MR) is 71.1 cm³/mol. The summed E-state index contributed by atoms with van der Waals surface area (Å²) in [7, 11) is 0. The molecule has 16 heavy (non-hydrogen) atoms. The Hall–Kier alpha value is -0.480. The summed E-state index contributed by atoms with van der Waals surface area (Å²) in [5.41, 5.74) is 0.597. The topological polar surface area (TPSA) is 26.3 Å². The summed E-state index contributed by atoms with van der Waals surface area (Å²) in [6.07, 6.45) is 0. The SMILES string of the molecule is CCOC(=O)c1cc(Br)cc(SC(C)C)c1. The van der Waals surface area contributed by atoms with Crippen LogP contribution in [0.2, 0.25) is 0 Å². The van der Waals surface area contributed by atoms with Crippen LogP contribution in [0, 0.1) is 0 Å². The molecule has 0 aliphatic heterocycles. The second kappa shape index (κ2) is 6.30. The lowest BCUT2D eigenvalue weighted by Gasteiger charge is -2.08. The van der Waals surface area contributed by atoms with Gasteiger partial charge < -0.3 is 4.74 Å². The molecule has 0 heterocycles. The lowest BCUT2D eigenvalue weighted by Crippen LogP contribution is -2.04. The Morgan fingerprint density at radius 1 is 1.44 bits per heavy atom. The number of esters is 1. The molecule has 1 rings (SSSR count). The third kappa shape index (κ3) is 4.18. The van der Waals surface area contributed by atoms with Crippen molar-refractivity contribution in [3.8, 4) is 0 Å². The molecule has 1 aromatic rings. The Bertz CT molecular complexity index is 377. The number of benzene rings is 1. The van der Waals surface area contributed by atoms with E-state index in [2.05, 4.69) is 29.8 Å². The Morgan fingerprint density at radius 2 is 2.12 bits per heavy atom. The second-order valence-electron chi connectivity index (χ2n) is 3.56. The molecule has 0 atom stereocenters. The number of rotatable bonds is 4. The molecule has 0 bridgehead atoms. The van der Waals surface area contributed by atoms with Gasteiger partial charge in [0.1, 0.15) is 0 Å². The van der Waals surface area contributed by atoms with Crippen LogP contribution < -0.4 is 0 Å². The van der Waals surface area contributed by atoms with Crippen LogP contribution in [0.15, 0.2) is 27.6 Å². The van der Waals surface area contributed by atoms with Crippen LogP contribution in [0.5, 0.6) is 0 Å². The summed E-state index contributed by atoms with van der Waals surface area (Å²) in [6.45, 7) is 6.45. The van der Waals surface area contributed by atoms with E-state index in [0.29, 0.717) is 17.4 Å².